The highest BCUT2D eigenvalue weighted by atomic mass is 32.2. The van der Waals surface area contributed by atoms with Crippen molar-refractivity contribution in [2.45, 2.75) is 37.5 Å². The number of ether oxygens (including phenoxy) is 1. The van der Waals surface area contributed by atoms with Crippen LogP contribution in [0.15, 0.2) is 53.4 Å². The van der Waals surface area contributed by atoms with Gasteiger partial charge in [-0.25, -0.2) is 13.2 Å². The van der Waals surface area contributed by atoms with Crippen molar-refractivity contribution in [3.8, 4) is 0 Å². The van der Waals surface area contributed by atoms with Crippen LogP contribution in [0.2, 0.25) is 0 Å². The Kier molecular flexibility index (Phi) is 7.23. The number of rotatable bonds is 7. The normalized spacial score (nSPS) is 14.8. The monoisotopic (exact) mass is 430 g/mol. The third-order valence-corrected chi connectivity index (χ3v) is 6.90. The summed E-state index contributed by atoms with van der Waals surface area (Å²) in [7, 11) is -3.65. The van der Waals surface area contributed by atoms with Crippen molar-refractivity contribution in [1.82, 2.24) is 4.31 Å². The van der Waals surface area contributed by atoms with Gasteiger partial charge < -0.3 is 10.1 Å². The highest BCUT2D eigenvalue weighted by Gasteiger charge is 2.26. The van der Waals surface area contributed by atoms with Gasteiger partial charge in [0.25, 0.3) is 5.91 Å². The number of hydrogen-bond acceptors (Lipinski definition) is 5. The number of amides is 1. The Morgan fingerprint density at radius 3 is 2.40 bits per heavy atom. The first-order valence-corrected chi connectivity index (χ1v) is 11.5. The molecule has 0 aromatic heterocycles. The van der Waals surface area contributed by atoms with E-state index in [-0.39, 0.29) is 10.5 Å². The molecule has 160 valence electrons. The Hall–Kier alpha value is -2.71. The van der Waals surface area contributed by atoms with E-state index in [1.165, 1.54) is 28.6 Å². The van der Waals surface area contributed by atoms with Crippen LogP contribution in [0.4, 0.5) is 5.69 Å². The van der Waals surface area contributed by atoms with Crippen molar-refractivity contribution in [3.05, 3.63) is 59.7 Å². The molecule has 0 spiro atoms. The van der Waals surface area contributed by atoms with Crippen LogP contribution in [0, 0.1) is 0 Å². The second-order valence-corrected chi connectivity index (χ2v) is 9.11. The van der Waals surface area contributed by atoms with Crippen LogP contribution in [-0.4, -0.2) is 44.3 Å². The standard InChI is InChI=1S/C22H26N2O5S/c1-2-17-9-11-19(12-10-17)23-21(25)16-29-22(26)18-7-6-8-20(15-18)30(27,28)24-13-4-3-5-14-24/h6-12,15H,2-5,13-14,16H2,1H3,(H,23,25). The zero-order valence-electron chi connectivity index (χ0n) is 17.0. The van der Waals surface area contributed by atoms with Crippen LogP contribution in [0.1, 0.15) is 42.1 Å². The molecule has 0 saturated carbocycles. The quantitative estimate of drug-likeness (QED) is 0.681. The predicted molar refractivity (Wildman–Crippen MR) is 114 cm³/mol. The van der Waals surface area contributed by atoms with Crippen LogP contribution in [-0.2, 0) is 26.0 Å². The Morgan fingerprint density at radius 1 is 1.03 bits per heavy atom. The van der Waals surface area contributed by atoms with Crippen LogP contribution in [0.3, 0.4) is 0 Å². The molecule has 2 aromatic rings. The molecule has 0 radical (unpaired) electrons. The fourth-order valence-electron chi connectivity index (χ4n) is 3.27. The summed E-state index contributed by atoms with van der Waals surface area (Å²) in [6.45, 7) is 2.55. The van der Waals surface area contributed by atoms with Gasteiger partial charge in [-0.05, 0) is 55.2 Å². The molecule has 3 rings (SSSR count). The van der Waals surface area contributed by atoms with Gasteiger partial charge in [-0.3, -0.25) is 4.79 Å². The lowest BCUT2D eigenvalue weighted by Crippen LogP contribution is -2.35. The highest BCUT2D eigenvalue weighted by Crippen LogP contribution is 2.21. The molecule has 7 nitrogen and oxygen atoms in total. The topological polar surface area (TPSA) is 92.8 Å². The third-order valence-electron chi connectivity index (χ3n) is 5.00. The van der Waals surface area contributed by atoms with Gasteiger partial charge in [-0.15, -0.1) is 0 Å². The van der Waals surface area contributed by atoms with Crippen LogP contribution in [0.25, 0.3) is 0 Å². The number of hydrogen-bond donors (Lipinski definition) is 1. The Morgan fingerprint density at radius 2 is 1.73 bits per heavy atom. The first-order valence-electron chi connectivity index (χ1n) is 10.1. The smallest absolute Gasteiger partial charge is 0.338 e. The molecule has 1 aliphatic heterocycles. The number of carbonyl (C=O) groups excluding carboxylic acids is 2. The average molecular weight is 431 g/mol. The molecule has 0 unspecified atom stereocenters. The van der Waals surface area contributed by atoms with E-state index in [0.29, 0.717) is 18.8 Å². The van der Waals surface area contributed by atoms with Crippen molar-refractivity contribution < 1.29 is 22.7 Å². The van der Waals surface area contributed by atoms with Gasteiger partial charge in [-0.1, -0.05) is 31.5 Å². The van der Waals surface area contributed by atoms with E-state index < -0.39 is 28.5 Å². The van der Waals surface area contributed by atoms with Crippen LogP contribution < -0.4 is 5.32 Å². The molecule has 1 saturated heterocycles. The molecular formula is C22H26N2O5S. The van der Waals surface area contributed by atoms with Gasteiger partial charge >= 0.3 is 5.97 Å². The van der Waals surface area contributed by atoms with Gasteiger partial charge in [0.2, 0.25) is 10.0 Å². The summed E-state index contributed by atoms with van der Waals surface area (Å²) in [5, 5.41) is 2.66. The van der Waals surface area contributed by atoms with E-state index in [0.717, 1.165) is 31.2 Å². The molecule has 8 heteroatoms. The fraction of sp³-hybridized carbons (Fsp3) is 0.364. The van der Waals surface area contributed by atoms with Crippen molar-refractivity contribution in [2.75, 3.05) is 25.0 Å². The number of sulfonamides is 1. The molecule has 1 N–H and O–H groups in total. The number of piperidine rings is 1. The van der Waals surface area contributed by atoms with Crippen LogP contribution in [0.5, 0.6) is 0 Å². The van der Waals surface area contributed by atoms with E-state index in [1.54, 1.807) is 12.1 Å². The molecule has 1 aliphatic rings. The van der Waals surface area contributed by atoms with E-state index in [1.807, 2.05) is 19.1 Å². The molecule has 1 heterocycles. The Bertz CT molecular complexity index is 996. The van der Waals surface area contributed by atoms with Gasteiger partial charge in [0.05, 0.1) is 10.5 Å². The fourth-order valence-corrected chi connectivity index (χ4v) is 4.84. The number of benzene rings is 2. The molecule has 1 amide bonds. The summed E-state index contributed by atoms with van der Waals surface area (Å²) in [6, 6.07) is 13.1. The molecule has 2 aromatic carbocycles. The van der Waals surface area contributed by atoms with Crippen molar-refractivity contribution >= 4 is 27.6 Å². The van der Waals surface area contributed by atoms with E-state index in [9.17, 15) is 18.0 Å². The second kappa shape index (κ2) is 9.86. The molecule has 0 bridgehead atoms. The predicted octanol–water partition coefficient (Wildman–Crippen LogP) is 3.22. The number of carbonyl (C=O) groups is 2. The lowest BCUT2D eigenvalue weighted by Gasteiger charge is -2.25. The first-order chi connectivity index (χ1) is 14.4. The molecule has 30 heavy (non-hydrogen) atoms. The summed E-state index contributed by atoms with van der Waals surface area (Å²) in [5.74, 6) is -1.22. The largest absolute Gasteiger partial charge is 0.452 e. The summed E-state index contributed by atoms with van der Waals surface area (Å²) < 4.78 is 32.1. The first kappa shape index (κ1) is 22.0. The Labute approximate surface area is 177 Å². The minimum absolute atomic E-state index is 0.0549. The maximum atomic E-state index is 12.8. The van der Waals surface area contributed by atoms with E-state index in [2.05, 4.69) is 5.32 Å². The highest BCUT2D eigenvalue weighted by molar-refractivity contribution is 7.89. The SMILES string of the molecule is CCc1ccc(NC(=O)COC(=O)c2cccc(S(=O)(=O)N3CCCCC3)c2)cc1. The minimum atomic E-state index is -3.65. The molecule has 0 aliphatic carbocycles. The van der Waals surface area contributed by atoms with Crippen molar-refractivity contribution in [2.24, 2.45) is 0 Å². The lowest BCUT2D eigenvalue weighted by molar-refractivity contribution is -0.119. The average Bonchev–Trinajstić information content (AvgIpc) is 2.78. The number of aryl methyl sites for hydroxylation is 1. The van der Waals surface area contributed by atoms with Gasteiger partial charge in [0.15, 0.2) is 6.61 Å². The van der Waals surface area contributed by atoms with Crippen LogP contribution >= 0.6 is 0 Å². The number of nitrogens with one attached hydrogen (secondary N) is 1. The Balaban J connectivity index is 1.60. The minimum Gasteiger partial charge on any atom is -0.452 e. The number of anilines is 1. The van der Waals surface area contributed by atoms with Crippen molar-refractivity contribution in [3.63, 3.8) is 0 Å². The van der Waals surface area contributed by atoms with Crippen molar-refractivity contribution in [1.29, 1.82) is 0 Å². The van der Waals surface area contributed by atoms with Gasteiger partial charge in [0.1, 0.15) is 0 Å². The van der Waals surface area contributed by atoms with Gasteiger partial charge in [0, 0.05) is 18.8 Å². The number of nitrogens with zero attached hydrogens (tertiary/aromatic N) is 1. The van der Waals surface area contributed by atoms with E-state index >= 15 is 0 Å². The number of esters is 1. The van der Waals surface area contributed by atoms with E-state index in [4.69, 9.17) is 4.74 Å². The maximum absolute atomic E-state index is 12.8. The summed E-state index contributed by atoms with van der Waals surface area (Å²) >= 11 is 0. The summed E-state index contributed by atoms with van der Waals surface area (Å²) in [4.78, 5) is 24.4. The zero-order valence-corrected chi connectivity index (χ0v) is 17.8. The third kappa shape index (κ3) is 5.46. The summed E-state index contributed by atoms with van der Waals surface area (Å²) in [6.07, 6.45) is 3.58. The maximum Gasteiger partial charge on any atom is 0.338 e. The lowest BCUT2D eigenvalue weighted by atomic mass is 10.1. The molecular weight excluding hydrogens is 404 g/mol. The molecule has 0 atom stereocenters. The molecule has 1 fully saturated rings. The zero-order chi connectivity index (χ0) is 21.6. The van der Waals surface area contributed by atoms with Gasteiger partial charge in [-0.2, -0.15) is 4.31 Å². The second-order valence-electron chi connectivity index (χ2n) is 7.17. The summed E-state index contributed by atoms with van der Waals surface area (Å²) in [5.41, 5.74) is 1.86.